The fourth-order valence-corrected chi connectivity index (χ4v) is 6.27. The molecule has 0 aromatic carbocycles. The Labute approximate surface area is 221 Å². The van der Waals surface area contributed by atoms with Gasteiger partial charge in [0, 0.05) is 29.9 Å². The Balaban J connectivity index is 0.00000306. The minimum Gasteiger partial charge on any atom is -0.543 e. The Morgan fingerprint density at radius 1 is 1.42 bits per heavy atom. The summed E-state index contributed by atoms with van der Waals surface area (Å²) in [5, 5.41) is 19.2. The van der Waals surface area contributed by atoms with E-state index in [1.54, 1.807) is 0 Å². The van der Waals surface area contributed by atoms with E-state index in [0.29, 0.717) is 17.9 Å². The largest absolute Gasteiger partial charge is 1.00 e. The molecule has 2 saturated heterocycles. The van der Waals surface area contributed by atoms with Crippen LogP contribution in [0.2, 0.25) is 0 Å². The van der Waals surface area contributed by atoms with Gasteiger partial charge in [-0.25, -0.2) is 0 Å². The van der Waals surface area contributed by atoms with Crippen molar-refractivity contribution in [3.8, 4) is 0 Å². The molecule has 2 atom stereocenters. The van der Waals surface area contributed by atoms with Crippen LogP contribution in [0.3, 0.4) is 0 Å². The molecule has 0 spiro atoms. The number of aromatic nitrogens is 1. The molecule has 172 valence electrons. The number of rotatable bonds is 7. The van der Waals surface area contributed by atoms with Crippen LogP contribution in [0.4, 0.5) is 5.13 Å². The molecule has 0 radical (unpaired) electrons. The number of hydrogen-bond donors (Lipinski definition) is 1. The average molecular weight is 503 g/mol. The molecule has 4 rings (SSSR count). The average Bonchev–Trinajstić information content (AvgIpc) is 3.37. The van der Waals surface area contributed by atoms with Crippen molar-refractivity contribution >= 4 is 51.7 Å². The number of carbonyl (C=O) groups excluding carboxylic acids is 3. The number of β-lactam (4-membered cyclic amide) rings is 1. The summed E-state index contributed by atoms with van der Waals surface area (Å²) < 4.78 is 0.752. The summed E-state index contributed by atoms with van der Waals surface area (Å²) in [6.45, 7) is 2.51. The quantitative estimate of drug-likeness (QED) is 0.136. The van der Waals surface area contributed by atoms with E-state index < -0.39 is 29.2 Å². The number of thiazole rings is 1. The van der Waals surface area contributed by atoms with E-state index in [-0.39, 0.29) is 51.8 Å². The zero-order valence-corrected chi connectivity index (χ0v) is 22.3. The summed E-state index contributed by atoms with van der Waals surface area (Å²) in [7, 11) is 3.37. The van der Waals surface area contributed by atoms with Gasteiger partial charge in [0.2, 0.25) is 0 Å². The summed E-state index contributed by atoms with van der Waals surface area (Å²) >= 11 is 2.45. The third-order valence-corrected chi connectivity index (χ3v) is 7.89. The second-order valence-corrected chi connectivity index (χ2v) is 10.2. The first-order valence-corrected chi connectivity index (χ1v) is 12.0. The van der Waals surface area contributed by atoms with Crippen molar-refractivity contribution in [2.75, 3.05) is 39.5 Å². The second-order valence-electron chi connectivity index (χ2n) is 8.19. The summed E-state index contributed by atoms with van der Waals surface area (Å²) in [5.74, 6) is -2.12. The predicted molar refractivity (Wildman–Crippen MR) is 117 cm³/mol. The van der Waals surface area contributed by atoms with E-state index in [9.17, 15) is 19.5 Å². The Morgan fingerprint density at radius 3 is 2.70 bits per heavy atom. The van der Waals surface area contributed by atoms with Gasteiger partial charge >= 0.3 is 29.6 Å². The molecule has 0 aliphatic carbocycles. The molecular weight excluding hydrogens is 479 g/mol. The van der Waals surface area contributed by atoms with Crippen LogP contribution in [-0.4, -0.2) is 88.8 Å². The van der Waals surface area contributed by atoms with Gasteiger partial charge in [-0.05, 0) is 10.5 Å². The summed E-state index contributed by atoms with van der Waals surface area (Å²) in [5.41, 5.74) is 8.18. The smallest absolute Gasteiger partial charge is 0.543 e. The number of carboxylic acids is 1. The minimum atomic E-state index is -1.37. The number of aliphatic carboxylic acids is 1. The van der Waals surface area contributed by atoms with Crippen LogP contribution in [0.5, 0.6) is 0 Å². The second kappa shape index (κ2) is 10.3. The van der Waals surface area contributed by atoms with Crippen molar-refractivity contribution in [3.63, 3.8) is 0 Å². The Kier molecular flexibility index (Phi) is 8.12. The molecule has 3 aliphatic heterocycles. The summed E-state index contributed by atoms with van der Waals surface area (Å²) in [6, 6.07) is -0.906. The van der Waals surface area contributed by atoms with Crippen molar-refractivity contribution in [2.45, 2.75) is 24.3 Å². The van der Waals surface area contributed by atoms with Crippen LogP contribution >= 0.6 is 23.1 Å². The first kappa shape index (κ1) is 26.0. The van der Waals surface area contributed by atoms with E-state index in [4.69, 9.17) is 10.6 Å². The van der Waals surface area contributed by atoms with Crippen molar-refractivity contribution in [3.05, 3.63) is 28.1 Å². The van der Waals surface area contributed by atoms with Gasteiger partial charge in [0.05, 0.1) is 31.8 Å². The SMILES string of the molecule is CON=C(C(=O)NC1C(=O)N2C(C(=O)[O-])=C(C[N+]3(C)CCCC3)CSC12)c1csc([NH-])n1.[Na+]. The third-order valence-electron chi connectivity index (χ3n) is 5.89. The van der Waals surface area contributed by atoms with E-state index in [2.05, 4.69) is 22.5 Å². The molecule has 2 N–H and O–H groups in total. The Morgan fingerprint density at radius 2 is 2.12 bits per heavy atom. The number of nitrogens with zero attached hydrogens (tertiary/aromatic N) is 4. The zero-order chi connectivity index (χ0) is 23.0. The van der Waals surface area contributed by atoms with E-state index in [1.165, 1.54) is 29.2 Å². The van der Waals surface area contributed by atoms with E-state index in [1.807, 2.05) is 0 Å². The number of quaternary nitrogens is 1. The molecule has 4 heterocycles. The number of thioether (sulfide) groups is 1. The fraction of sp³-hybridized carbons (Fsp3) is 0.526. The van der Waals surface area contributed by atoms with Crippen molar-refractivity contribution < 1.29 is 58.4 Å². The molecule has 33 heavy (non-hydrogen) atoms. The molecule has 1 aromatic heterocycles. The molecule has 14 heteroatoms. The Bertz CT molecular complexity index is 1020. The molecular formula is C19H23N6NaO5S2. The number of fused-ring (bicyclic) bond motifs is 1. The monoisotopic (exact) mass is 502 g/mol. The third kappa shape index (κ3) is 5.08. The van der Waals surface area contributed by atoms with Gasteiger partial charge in [-0.15, -0.1) is 11.8 Å². The van der Waals surface area contributed by atoms with Crippen molar-refractivity contribution in [1.82, 2.24) is 15.2 Å². The van der Waals surface area contributed by atoms with Gasteiger partial charge in [-0.2, -0.15) is 11.3 Å². The number of likely N-dealkylation sites (N-methyl/N-ethyl adjacent to an activating group) is 1. The number of amides is 2. The summed E-state index contributed by atoms with van der Waals surface area (Å²) in [4.78, 5) is 47.5. The first-order chi connectivity index (χ1) is 15.2. The Hall–Kier alpha value is -1.64. The number of oxime groups is 1. The number of likely N-dealkylation sites (tertiary alicyclic amines) is 1. The molecule has 2 fully saturated rings. The topological polar surface area (TPSA) is 148 Å². The standard InChI is InChI=1S/C19H24N6O5S2.Na/c1-25(5-3-4-6-25)7-10-8-31-17-13(16(27)24(17)14(10)18(28)29)22-15(26)12(23-30-2)11-9-32-19(20)21-11;/h9,13,17H,3-8H2,1-2H3,(H3-,20,21,22,26,28,29);/q;+1/p-1. The number of hydrogen-bond acceptors (Lipinski definition) is 9. The van der Waals surface area contributed by atoms with Crippen LogP contribution in [0, 0.1) is 0 Å². The van der Waals surface area contributed by atoms with Crippen LogP contribution in [0.15, 0.2) is 21.8 Å². The maximum absolute atomic E-state index is 12.9. The van der Waals surface area contributed by atoms with Gasteiger partial charge in [-0.3, -0.25) is 14.5 Å². The molecule has 2 amide bonds. The molecule has 0 saturated carbocycles. The molecule has 11 nitrogen and oxygen atoms in total. The first-order valence-electron chi connectivity index (χ1n) is 10.1. The van der Waals surface area contributed by atoms with Gasteiger partial charge in [0.25, 0.3) is 11.8 Å². The van der Waals surface area contributed by atoms with Crippen LogP contribution in [0.25, 0.3) is 5.73 Å². The normalized spacial score (nSPS) is 24.0. The zero-order valence-electron chi connectivity index (χ0n) is 18.6. The van der Waals surface area contributed by atoms with Crippen LogP contribution in [0.1, 0.15) is 18.5 Å². The number of carboxylic acid groups (broad SMARTS) is 1. The summed E-state index contributed by atoms with van der Waals surface area (Å²) in [6.07, 6.45) is 2.20. The fourth-order valence-electron chi connectivity index (χ4n) is 4.40. The number of carbonyl (C=O) groups is 3. The number of nitrogens with one attached hydrogen (secondary N) is 2. The molecule has 2 unspecified atom stereocenters. The van der Waals surface area contributed by atoms with Gasteiger partial charge in [0.1, 0.15) is 25.1 Å². The van der Waals surface area contributed by atoms with E-state index in [0.717, 1.165) is 41.8 Å². The molecule has 3 aliphatic rings. The minimum absolute atomic E-state index is 0. The van der Waals surface area contributed by atoms with Gasteiger partial charge < -0.3 is 35.3 Å². The van der Waals surface area contributed by atoms with Crippen molar-refractivity contribution in [2.24, 2.45) is 5.16 Å². The van der Waals surface area contributed by atoms with Crippen LogP contribution < -0.4 is 40.0 Å². The molecule has 1 aromatic rings. The van der Waals surface area contributed by atoms with Crippen LogP contribution in [-0.2, 0) is 19.2 Å². The van der Waals surface area contributed by atoms with Gasteiger partial charge in [-0.1, -0.05) is 5.16 Å². The van der Waals surface area contributed by atoms with Crippen molar-refractivity contribution in [1.29, 1.82) is 0 Å². The molecule has 0 bridgehead atoms. The predicted octanol–water partition coefficient (Wildman–Crippen LogP) is -3.17. The van der Waals surface area contributed by atoms with E-state index >= 15 is 0 Å². The maximum Gasteiger partial charge on any atom is 1.00 e. The maximum atomic E-state index is 12.9. The van der Waals surface area contributed by atoms with Gasteiger partial charge in [0.15, 0.2) is 5.71 Å².